The van der Waals surface area contributed by atoms with Crippen molar-refractivity contribution in [3.63, 3.8) is 0 Å². The number of halogens is 1. The molecule has 6 nitrogen and oxygen atoms in total. The summed E-state index contributed by atoms with van der Waals surface area (Å²) in [6.45, 7) is 7.19. The van der Waals surface area contributed by atoms with Crippen LogP contribution in [0.15, 0.2) is 48.0 Å². The molecule has 1 aliphatic rings. The standard InChI is InChI=1S/C25H28ClNO5/c1-4-13-27-22(16-7-10-18(11-8-16)32-14-5-2)21(24(29)25(27)30)23(28)17-9-12-19(26)20(15-17)31-6-3/h7-12,15,22,28H,4-6,13-14H2,1-3H3/b23-21-. The van der Waals surface area contributed by atoms with Gasteiger partial charge in [0.15, 0.2) is 0 Å². The molecule has 2 aromatic carbocycles. The Morgan fingerprint density at radius 3 is 2.38 bits per heavy atom. The SMILES string of the molecule is CCCOc1ccc(C2/C(=C(/O)c3ccc(Cl)c(OCC)c3)C(=O)C(=O)N2CCC)cc1. The topological polar surface area (TPSA) is 76.1 Å². The monoisotopic (exact) mass is 457 g/mol. The number of rotatable bonds is 9. The molecule has 1 unspecified atom stereocenters. The van der Waals surface area contributed by atoms with Gasteiger partial charge in [-0.25, -0.2) is 0 Å². The number of amides is 1. The van der Waals surface area contributed by atoms with Gasteiger partial charge in [0.1, 0.15) is 17.3 Å². The third kappa shape index (κ3) is 4.75. The lowest BCUT2D eigenvalue weighted by atomic mass is 9.95. The second-order valence-electron chi connectivity index (χ2n) is 7.49. The lowest BCUT2D eigenvalue weighted by molar-refractivity contribution is -0.139. The highest BCUT2D eigenvalue weighted by atomic mass is 35.5. The first-order valence-electron chi connectivity index (χ1n) is 10.9. The van der Waals surface area contributed by atoms with Crippen LogP contribution in [0.2, 0.25) is 5.02 Å². The predicted octanol–water partition coefficient (Wildman–Crippen LogP) is 5.36. The lowest BCUT2D eigenvalue weighted by Gasteiger charge is -2.25. The first kappa shape index (κ1) is 23.7. The molecule has 3 rings (SSSR count). The summed E-state index contributed by atoms with van der Waals surface area (Å²) >= 11 is 6.17. The summed E-state index contributed by atoms with van der Waals surface area (Å²) in [4.78, 5) is 27.3. The van der Waals surface area contributed by atoms with E-state index in [9.17, 15) is 14.7 Å². The highest BCUT2D eigenvalue weighted by molar-refractivity contribution is 6.46. The summed E-state index contributed by atoms with van der Waals surface area (Å²) in [5, 5.41) is 11.5. The van der Waals surface area contributed by atoms with Gasteiger partial charge in [0.05, 0.1) is 29.9 Å². The van der Waals surface area contributed by atoms with Crippen molar-refractivity contribution in [1.29, 1.82) is 0 Å². The van der Waals surface area contributed by atoms with E-state index in [1.165, 1.54) is 4.90 Å². The van der Waals surface area contributed by atoms with Crippen molar-refractivity contribution in [1.82, 2.24) is 4.90 Å². The number of ketones is 1. The number of hydrogen-bond acceptors (Lipinski definition) is 5. The predicted molar refractivity (Wildman–Crippen MR) is 124 cm³/mol. The molecule has 1 heterocycles. The molecule has 1 atom stereocenters. The summed E-state index contributed by atoms with van der Waals surface area (Å²) < 4.78 is 11.2. The first-order valence-corrected chi connectivity index (χ1v) is 11.2. The summed E-state index contributed by atoms with van der Waals surface area (Å²) in [6.07, 6.45) is 1.57. The van der Waals surface area contributed by atoms with Crippen molar-refractivity contribution in [2.75, 3.05) is 19.8 Å². The summed E-state index contributed by atoms with van der Waals surface area (Å²) in [5.74, 6) is -0.475. The zero-order valence-corrected chi connectivity index (χ0v) is 19.3. The van der Waals surface area contributed by atoms with E-state index in [0.717, 1.165) is 12.0 Å². The number of likely N-dealkylation sites (tertiary alicyclic amines) is 1. The maximum Gasteiger partial charge on any atom is 0.295 e. The smallest absolute Gasteiger partial charge is 0.295 e. The number of ether oxygens (including phenoxy) is 2. The van der Waals surface area contributed by atoms with Gasteiger partial charge in [-0.15, -0.1) is 0 Å². The van der Waals surface area contributed by atoms with Crippen molar-refractivity contribution in [2.45, 2.75) is 39.7 Å². The van der Waals surface area contributed by atoms with Gasteiger partial charge in [-0.2, -0.15) is 0 Å². The Labute approximate surface area is 193 Å². The molecule has 0 aromatic heterocycles. The van der Waals surface area contributed by atoms with Crippen LogP contribution >= 0.6 is 11.6 Å². The third-order valence-corrected chi connectivity index (χ3v) is 5.49. The van der Waals surface area contributed by atoms with Crippen LogP contribution in [-0.4, -0.2) is 41.5 Å². The molecule has 1 N–H and O–H groups in total. The quantitative estimate of drug-likeness (QED) is 0.311. The zero-order valence-electron chi connectivity index (χ0n) is 18.6. The number of Topliss-reactive ketones (excluding diaryl/α,β-unsaturated/α-hetero) is 1. The average molecular weight is 458 g/mol. The molecule has 1 amide bonds. The van der Waals surface area contributed by atoms with Gasteiger partial charge in [-0.1, -0.05) is 37.6 Å². The molecule has 2 aromatic rings. The Balaban J connectivity index is 2.09. The van der Waals surface area contributed by atoms with Gasteiger partial charge in [-0.3, -0.25) is 9.59 Å². The summed E-state index contributed by atoms with van der Waals surface area (Å²) in [6, 6.07) is 11.4. The molecule has 1 saturated heterocycles. The van der Waals surface area contributed by atoms with Crippen LogP contribution in [0.4, 0.5) is 0 Å². The number of aliphatic hydroxyl groups excluding tert-OH is 1. The highest BCUT2D eigenvalue weighted by Gasteiger charge is 2.45. The molecule has 0 spiro atoms. The van der Waals surface area contributed by atoms with E-state index in [4.69, 9.17) is 21.1 Å². The van der Waals surface area contributed by atoms with Crippen molar-refractivity contribution in [2.24, 2.45) is 0 Å². The van der Waals surface area contributed by atoms with E-state index >= 15 is 0 Å². The number of aliphatic hydroxyl groups is 1. The van der Waals surface area contributed by atoms with Crippen molar-refractivity contribution >= 4 is 29.1 Å². The second-order valence-corrected chi connectivity index (χ2v) is 7.90. The molecule has 170 valence electrons. The van der Waals surface area contributed by atoms with Crippen LogP contribution in [0, 0.1) is 0 Å². The van der Waals surface area contributed by atoms with E-state index in [1.807, 2.05) is 45.0 Å². The van der Waals surface area contributed by atoms with Crippen LogP contribution in [0.1, 0.15) is 50.8 Å². The van der Waals surface area contributed by atoms with Crippen LogP contribution in [0.5, 0.6) is 11.5 Å². The van der Waals surface area contributed by atoms with Crippen molar-refractivity contribution < 1.29 is 24.2 Å². The number of carbonyl (C=O) groups is 2. The largest absolute Gasteiger partial charge is 0.507 e. The number of nitrogens with zero attached hydrogens (tertiary/aromatic N) is 1. The van der Waals surface area contributed by atoms with Gasteiger partial charge < -0.3 is 19.5 Å². The Hall–Kier alpha value is -2.99. The minimum absolute atomic E-state index is 0.0513. The van der Waals surface area contributed by atoms with Crippen LogP contribution in [-0.2, 0) is 9.59 Å². The van der Waals surface area contributed by atoms with Gasteiger partial charge in [0.2, 0.25) is 0 Å². The first-order chi connectivity index (χ1) is 15.4. The molecule has 1 aliphatic heterocycles. The fraction of sp³-hybridized carbons (Fsp3) is 0.360. The molecule has 7 heteroatoms. The normalized spacial score (nSPS) is 17.6. The van der Waals surface area contributed by atoms with E-state index in [2.05, 4.69) is 0 Å². The van der Waals surface area contributed by atoms with Gasteiger partial charge >= 0.3 is 0 Å². The van der Waals surface area contributed by atoms with E-state index in [0.29, 0.717) is 48.3 Å². The fourth-order valence-corrected chi connectivity index (χ4v) is 3.91. The molecule has 0 radical (unpaired) electrons. The minimum atomic E-state index is -0.708. The van der Waals surface area contributed by atoms with Gasteiger partial charge in [0, 0.05) is 12.1 Å². The van der Waals surface area contributed by atoms with Crippen LogP contribution in [0.3, 0.4) is 0 Å². The zero-order chi connectivity index (χ0) is 23.3. The Bertz CT molecular complexity index is 1020. The summed E-state index contributed by atoms with van der Waals surface area (Å²) in [5.41, 5.74) is 1.14. The maximum atomic E-state index is 13.0. The Morgan fingerprint density at radius 2 is 1.75 bits per heavy atom. The molecule has 0 bridgehead atoms. The minimum Gasteiger partial charge on any atom is -0.507 e. The number of benzene rings is 2. The van der Waals surface area contributed by atoms with Crippen molar-refractivity contribution in [3.8, 4) is 11.5 Å². The third-order valence-electron chi connectivity index (χ3n) is 5.18. The van der Waals surface area contributed by atoms with Crippen molar-refractivity contribution in [3.05, 3.63) is 64.2 Å². The Morgan fingerprint density at radius 1 is 1.03 bits per heavy atom. The second kappa shape index (κ2) is 10.6. The number of hydrogen-bond donors (Lipinski definition) is 1. The fourth-order valence-electron chi connectivity index (χ4n) is 3.74. The molecule has 0 aliphatic carbocycles. The maximum absolute atomic E-state index is 13.0. The number of carbonyl (C=O) groups excluding carboxylic acids is 2. The Kier molecular flexibility index (Phi) is 7.80. The molecule has 0 saturated carbocycles. The highest BCUT2D eigenvalue weighted by Crippen LogP contribution is 2.40. The van der Waals surface area contributed by atoms with Crippen LogP contribution in [0.25, 0.3) is 5.76 Å². The molecule has 32 heavy (non-hydrogen) atoms. The summed E-state index contributed by atoms with van der Waals surface area (Å²) in [7, 11) is 0. The average Bonchev–Trinajstić information content (AvgIpc) is 3.04. The lowest BCUT2D eigenvalue weighted by Crippen LogP contribution is -2.30. The van der Waals surface area contributed by atoms with Gasteiger partial charge in [0.25, 0.3) is 11.7 Å². The van der Waals surface area contributed by atoms with E-state index < -0.39 is 17.7 Å². The van der Waals surface area contributed by atoms with Crippen LogP contribution < -0.4 is 9.47 Å². The molecular formula is C25H28ClNO5. The molecular weight excluding hydrogens is 430 g/mol. The molecule has 1 fully saturated rings. The van der Waals surface area contributed by atoms with E-state index in [1.54, 1.807) is 18.2 Å². The van der Waals surface area contributed by atoms with E-state index in [-0.39, 0.29) is 11.3 Å². The van der Waals surface area contributed by atoms with Gasteiger partial charge in [-0.05, 0) is 55.7 Å².